The summed E-state index contributed by atoms with van der Waals surface area (Å²) < 4.78 is 0. The van der Waals surface area contributed by atoms with E-state index in [9.17, 15) is 4.79 Å². The van der Waals surface area contributed by atoms with Crippen molar-refractivity contribution in [1.29, 1.82) is 0 Å². The number of rotatable bonds is 4. The van der Waals surface area contributed by atoms with E-state index in [0.29, 0.717) is 30.4 Å². The predicted molar refractivity (Wildman–Crippen MR) is 62.9 cm³/mol. The number of hydrogen-bond acceptors (Lipinski definition) is 2. The van der Waals surface area contributed by atoms with Crippen molar-refractivity contribution < 1.29 is 9.90 Å². The summed E-state index contributed by atoms with van der Waals surface area (Å²) in [6.07, 6.45) is 7.74. The number of carbonyl (C=O) groups is 1. The number of hydrogen-bond donors (Lipinski definition) is 1. The van der Waals surface area contributed by atoms with Crippen LogP contribution < -0.4 is 0 Å². The SMILES string of the molecule is CN(C(=O)C1CC1)C1CCC(CCO)CC1. The van der Waals surface area contributed by atoms with E-state index in [1.54, 1.807) is 0 Å². The van der Waals surface area contributed by atoms with E-state index in [4.69, 9.17) is 5.11 Å². The van der Waals surface area contributed by atoms with Crippen LogP contribution in [0, 0.1) is 11.8 Å². The van der Waals surface area contributed by atoms with Crippen LogP contribution in [0.3, 0.4) is 0 Å². The maximum atomic E-state index is 11.9. The summed E-state index contributed by atoms with van der Waals surface area (Å²) in [6, 6.07) is 0.461. The van der Waals surface area contributed by atoms with Gasteiger partial charge in [-0.2, -0.15) is 0 Å². The average Bonchev–Trinajstić information content (AvgIpc) is 3.12. The molecule has 1 amide bonds. The molecule has 92 valence electrons. The Morgan fingerprint density at radius 1 is 1.19 bits per heavy atom. The molecule has 2 saturated carbocycles. The van der Waals surface area contributed by atoms with Gasteiger partial charge in [0.1, 0.15) is 0 Å². The monoisotopic (exact) mass is 225 g/mol. The lowest BCUT2D eigenvalue weighted by Crippen LogP contribution is -2.40. The van der Waals surface area contributed by atoms with Crippen LogP contribution in [-0.2, 0) is 4.79 Å². The van der Waals surface area contributed by atoms with Crippen molar-refractivity contribution in [1.82, 2.24) is 4.90 Å². The molecule has 16 heavy (non-hydrogen) atoms. The summed E-state index contributed by atoms with van der Waals surface area (Å²) in [7, 11) is 1.97. The zero-order valence-electron chi connectivity index (χ0n) is 10.2. The Kier molecular flexibility index (Phi) is 3.85. The van der Waals surface area contributed by atoms with Crippen molar-refractivity contribution in [3.8, 4) is 0 Å². The molecule has 0 radical (unpaired) electrons. The van der Waals surface area contributed by atoms with Crippen LogP contribution in [0.15, 0.2) is 0 Å². The number of aliphatic hydroxyl groups is 1. The minimum Gasteiger partial charge on any atom is -0.396 e. The molecule has 2 aliphatic rings. The molecular weight excluding hydrogens is 202 g/mol. The molecule has 0 aromatic carbocycles. The normalized spacial score (nSPS) is 30.1. The van der Waals surface area contributed by atoms with E-state index in [0.717, 1.165) is 32.1 Å². The van der Waals surface area contributed by atoms with Crippen LogP contribution in [0.5, 0.6) is 0 Å². The molecule has 0 unspecified atom stereocenters. The van der Waals surface area contributed by atoms with E-state index >= 15 is 0 Å². The molecule has 0 spiro atoms. The first-order valence-corrected chi connectivity index (χ1v) is 6.60. The number of carbonyl (C=O) groups excluding carboxylic acids is 1. The largest absolute Gasteiger partial charge is 0.396 e. The van der Waals surface area contributed by atoms with Gasteiger partial charge in [0.25, 0.3) is 0 Å². The molecule has 2 rings (SSSR count). The molecule has 0 aromatic rings. The Labute approximate surface area is 97.8 Å². The number of nitrogens with zero attached hydrogens (tertiary/aromatic N) is 1. The lowest BCUT2D eigenvalue weighted by molar-refractivity contribution is -0.134. The second kappa shape index (κ2) is 5.17. The van der Waals surface area contributed by atoms with Crippen LogP contribution in [-0.4, -0.2) is 35.6 Å². The van der Waals surface area contributed by atoms with Gasteiger partial charge in [0, 0.05) is 25.6 Å². The molecule has 2 fully saturated rings. The van der Waals surface area contributed by atoms with Gasteiger partial charge >= 0.3 is 0 Å². The Bertz CT molecular complexity index is 242. The van der Waals surface area contributed by atoms with E-state index in [1.807, 2.05) is 11.9 Å². The van der Waals surface area contributed by atoms with Gasteiger partial charge in [0.15, 0.2) is 0 Å². The van der Waals surface area contributed by atoms with Gasteiger partial charge in [-0.25, -0.2) is 0 Å². The first-order valence-electron chi connectivity index (χ1n) is 6.60. The molecule has 0 aliphatic heterocycles. The van der Waals surface area contributed by atoms with Gasteiger partial charge in [-0.1, -0.05) is 0 Å². The molecule has 0 atom stereocenters. The highest BCUT2D eigenvalue weighted by atomic mass is 16.3. The second-order valence-corrected chi connectivity index (χ2v) is 5.41. The fraction of sp³-hybridized carbons (Fsp3) is 0.923. The highest BCUT2D eigenvalue weighted by Gasteiger charge is 2.35. The molecule has 2 aliphatic carbocycles. The lowest BCUT2D eigenvalue weighted by Gasteiger charge is -2.34. The van der Waals surface area contributed by atoms with Crippen molar-refractivity contribution in [2.75, 3.05) is 13.7 Å². The van der Waals surface area contributed by atoms with Gasteiger partial charge < -0.3 is 10.0 Å². The molecule has 0 aromatic heterocycles. The topological polar surface area (TPSA) is 40.5 Å². The van der Waals surface area contributed by atoms with Gasteiger partial charge in [-0.05, 0) is 50.9 Å². The molecule has 0 saturated heterocycles. The predicted octanol–water partition coefficient (Wildman–Crippen LogP) is 1.80. The average molecular weight is 225 g/mol. The fourth-order valence-electron chi connectivity index (χ4n) is 2.80. The van der Waals surface area contributed by atoms with Crippen LogP contribution in [0.25, 0.3) is 0 Å². The van der Waals surface area contributed by atoms with Crippen molar-refractivity contribution in [2.24, 2.45) is 11.8 Å². The third kappa shape index (κ3) is 2.76. The first kappa shape index (κ1) is 11.9. The number of aliphatic hydroxyl groups excluding tert-OH is 1. The number of amides is 1. The molecule has 0 heterocycles. The Morgan fingerprint density at radius 3 is 2.31 bits per heavy atom. The zero-order chi connectivity index (χ0) is 11.5. The highest BCUT2D eigenvalue weighted by Crippen LogP contribution is 2.34. The quantitative estimate of drug-likeness (QED) is 0.792. The molecule has 1 N–H and O–H groups in total. The van der Waals surface area contributed by atoms with Crippen LogP contribution in [0.2, 0.25) is 0 Å². The Hall–Kier alpha value is -0.570. The van der Waals surface area contributed by atoms with E-state index in [-0.39, 0.29) is 0 Å². The summed E-state index contributed by atoms with van der Waals surface area (Å²) in [4.78, 5) is 13.9. The maximum Gasteiger partial charge on any atom is 0.225 e. The summed E-state index contributed by atoms with van der Waals surface area (Å²) in [5.74, 6) is 1.40. The Balaban J connectivity index is 1.76. The third-order valence-electron chi connectivity index (χ3n) is 4.18. The van der Waals surface area contributed by atoms with E-state index < -0.39 is 0 Å². The molecular formula is C13H23NO2. The van der Waals surface area contributed by atoms with Crippen LogP contribution >= 0.6 is 0 Å². The lowest BCUT2D eigenvalue weighted by atomic mass is 9.83. The summed E-state index contributed by atoms with van der Waals surface area (Å²) in [6.45, 7) is 0.312. The fourth-order valence-corrected chi connectivity index (χ4v) is 2.80. The third-order valence-corrected chi connectivity index (χ3v) is 4.18. The smallest absolute Gasteiger partial charge is 0.225 e. The van der Waals surface area contributed by atoms with Crippen LogP contribution in [0.4, 0.5) is 0 Å². The first-order chi connectivity index (χ1) is 7.72. The van der Waals surface area contributed by atoms with E-state index in [2.05, 4.69) is 0 Å². The van der Waals surface area contributed by atoms with Crippen molar-refractivity contribution >= 4 is 5.91 Å². The van der Waals surface area contributed by atoms with Gasteiger partial charge in [-0.3, -0.25) is 4.79 Å². The van der Waals surface area contributed by atoms with Crippen molar-refractivity contribution in [3.05, 3.63) is 0 Å². The summed E-state index contributed by atoms with van der Waals surface area (Å²) >= 11 is 0. The molecule has 3 heteroatoms. The van der Waals surface area contributed by atoms with Gasteiger partial charge in [-0.15, -0.1) is 0 Å². The summed E-state index contributed by atoms with van der Waals surface area (Å²) in [5.41, 5.74) is 0. The van der Waals surface area contributed by atoms with Crippen molar-refractivity contribution in [3.63, 3.8) is 0 Å². The second-order valence-electron chi connectivity index (χ2n) is 5.41. The maximum absolute atomic E-state index is 11.9. The van der Waals surface area contributed by atoms with Crippen LogP contribution in [0.1, 0.15) is 44.9 Å². The zero-order valence-corrected chi connectivity index (χ0v) is 10.2. The standard InChI is InChI=1S/C13H23NO2/c1-14(13(16)11-4-5-11)12-6-2-10(3-7-12)8-9-15/h10-12,15H,2-9H2,1H3. The molecule has 0 bridgehead atoms. The minimum atomic E-state index is 0.312. The van der Waals surface area contributed by atoms with Gasteiger partial charge in [0.2, 0.25) is 5.91 Å². The molecule has 3 nitrogen and oxygen atoms in total. The van der Waals surface area contributed by atoms with E-state index in [1.165, 1.54) is 12.8 Å². The highest BCUT2D eigenvalue weighted by molar-refractivity contribution is 5.81. The van der Waals surface area contributed by atoms with Gasteiger partial charge in [0.05, 0.1) is 0 Å². The summed E-state index contributed by atoms with van der Waals surface area (Å²) in [5, 5.41) is 8.90. The van der Waals surface area contributed by atoms with Crippen molar-refractivity contribution in [2.45, 2.75) is 51.0 Å². The Morgan fingerprint density at radius 2 is 1.81 bits per heavy atom. The minimum absolute atomic E-state index is 0.312.